The molecule has 8 heterocycles. The van der Waals surface area contributed by atoms with Crippen LogP contribution in [0.1, 0.15) is 243 Å². The first-order valence-electron chi connectivity index (χ1n) is 31.6. The van der Waals surface area contributed by atoms with Gasteiger partial charge in [0.2, 0.25) is 11.9 Å². The molecule has 6 aliphatic rings. The molecule has 0 atom stereocenters. The highest BCUT2D eigenvalue weighted by Crippen LogP contribution is 2.46. The number of anilines is 2. The lowest BCUT2D eigenvalue weighted by atomic mass is 9.78. The van der Waals surface area contributed by atoms with E-state index in [2.05, 4.69) is 9.80 Å². The molecule has 6 fully saturated rings. The average Bonchev–Trinajstić information content (AvgIpc) is 0.995. The molecular formula is C62H112N14O10. The summed E-state index contributed by atoms with van der Waals surface area (Å²) in [5.41, 5.74) is -7.97. The molecule has 6 N–H and O–H groups in total. The number of aromatic nitrogens is 6. The van der Waals surface area contributed by atoms with Crippen LogP contribution >= 0.6 is 0 Å². The fourth-order valence-corrected chi connectivity index (χ4v) is 16.8. The fraction of sp³-hybridized carbons (Fsp3) is 0.903. The molecule has 0 saturated carbocycles. The van der Waals surface area contributed by atoms with Crippen LogP contribution in [0.25, 0.3) is 0 Å². The van der Waals surface area contributed by atoms with Gasteiger partial charge in [0, 0.05) is 143 Å². The summed E-state index contributed by atoms with van der Waals surface area (Å²) in [6, 6.07) is -0.275. The molecule has 0 unspecified atom stereocenters. The Morgan fingerprint density at radius 1 is 0.279 bits per heavy atom. The summed E-state index contributed by atoms with van der Waals surface area (Å²) >= 11 is 0. The zero-order valence-electron chi connectivity index (χ0n) is 56.9. The lowest BCUT2D eigenvalue weighted by Crippen LogP contribution is -2.65. The Kier molecular flexibility index (Phi) is 18.0. The van der Waals surface area contributed by atoms with Gasteiger partial charge in [0.05, 0.1) is 0 Å². The van der Waals surface area contributed by atoms with Crippen LogP contribution < -0.4 is 28.7 Å². The van der Waals surface area contributed by atoms with Crippen LogP contribution in [0.3, 0.4) is 0 Å². The largest absolute Gasteiger partial charge is 0.460 e. The predicted octanol–water partition coefficient (Wildman–Crippen LogP) is 10.3. The van der Waals surface area contributed by atoms with Gasteiger partial charge in [-0.15, -0.1) is 9.97 Å². The van der Waals surface area contributed by atoms with E-state index >= 15 is 0 Å². The van der Waals surface area contributed by atoms with Gasteiger partial charge >= 0.3 is 24.0 Å². The topological polar surface area (TPSA) is 262 Å². The molecule has 0 amide bonds. The van der Waals surface area contributed by atoms with Crippen molar-refractivity contribution in [2.45, 2.75) is 346 Å². The molecule has 6 aliphatic heterocycles. The van der Waals surface area contributed by atoms with Crippen LogP contribution in [-0.4, -0.2) is 208 Å². The number of nitrogens with zero attached hydrogens (tertiary/aromatic N) is 14. The molecule has 0 aromatic carbocycles. The molecule has 0 aliphatic carbocycles. The minimum atomic E-state index is -0.708. The van der Waals surface area contributed by atoms with E-state index in [0.717, 1.165) is 0 Å². The second kappa shape index (κ2) is 22.6. The maximum atomic E-state index is 11.9. The normalized spacial score (nSPS) is 28.2. The molecule has 24 nitrogen and oxygen atoms in total. The van der Waals surface area contributed by atoms with Crippen LogP contribution in [0.5, 0.6) is 24.0 Å². The third-order valence-corrected chi connectivity index (χ3v) is 19.9. The average molecular weight is 1210 g/mol. The third kappa shape index (κ3) is 14.1. The number of ether oxygens (including phenoxy) is 4. The van der Waals surface area contributed by atoms with E-state index in [0.29, 0.717) is 88.9 Å². The van der Waals surface area contributed by atoms with Gasteiger partial charge in [0.25, 0.3) is 0 Å². The van der Waals surface area contributed by atoms with E-state index in [4.69, 9.17) is 48.9 Å². The summed E-state index contributed by atoms with van der Waals surface area (Å²) in [4.78, 5) is 35.3. The lowest BCUT2D eigenvalue weighted by molar-refractivity contribution is -0.255. The van der Waals surface area contributed by atoms with Crippen LogP contribution in [0.15, 0.2) is 0 Å². The molecule has 0 spiro atoms. The molecule has 2 aromatic heterocycles. The van der Waals surface area contributed by atoms with Crippen molar-refractivity contribution in [1.29, 1.82) is 0 Å². The smallest absolute Gasteiger partial charge is 0.324 e. The second-order valence-corrected chi connectivity index (χ2v) is 34.1. The van der Waals surface area contributed by atoms with E-state index in [-0.39, 0.29) is 49.2 Å². The standard InChI is InChI=1S/C62H112N14O10/c1-51(2)27-39(28-52(3,4)71(51)77)69(45-63-47(83-41-31-55(9,10)73(79)56(11,12)32-41)67-48(64-45)84-42-33-57(13,14)74(80)58(15,16)34-42)25-26-70(40-29-53(5,6)72(78)54(7,8)30-40)46-65-49(85-43-35-59(17,18)75(81)60(19,20)36-43)68-50(66-46)86-44-37-61(21,22)76(82)62(23,24)38-44/h39-44,77-82H,25-38H2,1-24H3. The maximum absolute atomic E-state index is 11.9. The SMILES string of the molecule is CC1(C)CC(Oc2nc(OC3CC(C)(C)N(O)C(C)(C)C3)nc(N(CCN(c3nc(OC4CC(C)(C)N(O)C(C)(C)C4)nc(OC4CC(C)(C)N(O)C(C)(C)C4)n3)C3CC(C)(C)N(O)C(C)(C)C3)C3CC(C)(C)N(O)C(C)(C)C3)n2)CC(C)(C)N1O. The Bertz CT molecular complexity index is 2320. The van der Waals surface area contributed by atoms with Gasteiger partial charge in [-0.3, -0.25) is 0 Å². The Morgan fingerprint density at radius 2 is 0.430 bits per heavy atom. The summed E-state index contributed by atoms with van der Waals surface area (Å²) < 4.78 is 27.6. The zero-order valence-corrected chi connectivity index (χ0v) is 56.9. The van der Waals surface area contributed by atoms with Crippen molar-refractivity contribution in [3.63, 3.8) is 0 Å². The van der Waals surface area contributed by atoms with Crippen LogP contribution in [0.4, 0.5) is 11.9 Å². The highest BCUT2D eigenvalue weighted by Gasteiger charge is 2.53. The van der Waals surface area contributed by atoms with E-state index in [1.165, 1.54) is 30.4 Å². The van der Waals surface area contributed by atoms with E-state index in [9.17, 15) is 31.2 Å². The number of hydrogen-bond donors (Lipinski definition) is 6. The first-order valence-corrected chi connectivity index (χ1v) is 31.6. The van der Waals surface area contributed by atoms with Gasteiger partial charge < -0.3 is 60.0 Å². The Balaban J connectivity index is 1.29. The fourth-order valence-electron chi connectivity index (χ4n) is 16.8. The van der Waals surface area contributed by atoms with Crippen molar-refractivity contribution >= 4 is 11.9 Å². The minimum Gasteiger partial charge on any atom is -0.460 e. The monoisotopic (exact) mass is 1210 g/mol. The Labute approximate surface area is 513 Å². The van der Waals surface area contributed by atoms with Crippen molar-refractivity contribution in [3.05, 3.63) is 0 Å². The molecule has 8 rings (SSSR count). The Morgan fingerprint density at radius 3 is 0.593 bits per heavy atom. The molecule has 490 valence electrons. The Hall–Kier alpha value is -3.66. The quantitative estimate of drug-likeness (QED) is 0.0968. The van der Waals surface area contributed by atoms with Gasteiger partial charge in [0.1, 0.15) is 24.4 Å². The van der Waals surface area contributed by atoms with Crippen LogP contribution in [0.2, 0.25) is 0 Å². The minimum absolute atomic E-state index is 0.0720. The molecule has 86 heavy (non-hydrogen) atoms. The summed E-state index contributed by atoms with van der Waals surface area (Å²) in [6.45, 7) is 48.7. The third-order valence-electron chi connectivity index (χ3n) is 19.9. The van der Waals surface area contributed by atoms with Gasteiger partial charge in [-0.25, -0.2) is 0 Å². The van der Waals surface area contributed by atoms with Crippen molar-refractivity contribution in [3.8, 4) is 24.0 Å². The molecule has 2 aromatic rings. The van der Waals surface area contributed by atoms with E-state index in [1.807, 2.05) is 166 Å². The number of rotatable bonds is 15. The molecule has 0 bridgehead atoms. The van der Waals surface area contributed by atoms with Crippen molar-refractivity contribution in [2.24, 2.45) is 0 Å². The summed E-state index contributed by atoms with van der Waals surface area (Å²) in [6.07, 6.45) is 4.24. The predicted molar refractivity (Wildman–Crippen MR) is 326 cm³/mol. The zero-order chi connectivity index (χ0) is 64.5. The van der Waals surface area contributed by atoms with E-state index in [1.54, 1.807) is 0 Å². The van der Waals surface area contributed by atoms with Crippen molar-refractivity contribution < 1.29 is 50.2 Å². The highest BCUT2D eigenvalue weighted by molar-refractivity contribution is 5.40. The van der Waals surface area contributed by atoms with Crippen molar-refractivity contribution in [2.75, 3.05) is 22.9 Å². The summed E-state index contributed by atoms with van der Waals surface area (Å²) in [5.74, 6) is 0.610. The first-order chi connectivity index (χ1) is 38.9. The summed E-state index contributed by atoms with van der Waals surface area (Å²) in [5, 5.41) is 77.8. The first kappa shape index (κ1) is 68.3. The molecular weight excluding hydrogens is 1100 g/mol. The van der Waals surface area contributed by atoms with Crippen molar-refractivity contribution in [1.82, 2.24) is 60.3 Å². The number of hydrogen-bond acceptors (Lipinski definition) is 24. The van der Waals surface area contributed by atoms with Gasteiger partial charge in [-0.1, -0.05) is 0 Å². The summed E-state index contributed by atoms with van der Waals surface area (Å²) in [7, 11) is 0. The van der Waals surface area contributed by atoms with Crippen LogP contribution in [0, 0.1) is 0 Å². The van der Waals surface area contributed by atoms with Gasteiger partial charge in [-0.2, -0.15) is 50.3 Å². The maximum Gasteiger partial charge on any atom is 0.324 e. The number of piperidine rings is 6. The van der Waals surface area contributed by atoms with E-state index < -0.39 is 90.9 Å². The second-order valence-electron chi connectivity index (χ2n) is 34.1. The van der Waals surface area contributed by atoms with Crippen LogP contribution in [-0.2, 0) is 0 Å². The van der Waals surface area contributed by atoms with Gasteiger partial charge in [0.15, 0.2) is 0 Å². The lowest BCUT2D eigenvalue weighted by Gasteiger charge is -2.54. The molecule has 0 radical (unpaired) electrons. The highest BCUT2D eigenvalue weighted by atomic mass is 16.6. The number of hydroxylamine groups is 12. The molecule has 6 saturated heterocycles. The van der Waals surface area contributed by atoms with Gasteiger partial charge in [-0.05, 0) is 192 Å². The molecule has 24 heteroatoms.